The van der Waals surface area contributed by atoms with Crippen LogP contribution >= 0.6 is 0 Å². The van der Waals surface area contributed by atoms with Crippen LogP contribution < -0.4 is 10.2 Å². The van der Waals surface area contributed by atoms with Crippen molar-refractivity contribution in [3.05, 3.63) is 18.1 Å². The zero-order valence-corrected chi connectivity index (χ0v) is 10.1. The van der Waals surface area contributed by atoms with Crippen LogP contribution in [0.1, 0.15) is 25.5 Å². The average Bonchev–Trinajstić information content (AvgIpc) is 2.82. The molecular weight excluding hydrogens is 200 g/mol. The molecule has 1 unspecified atom stereocenters. The number of nitrogens with one attached hydrogen (secondary N) is 1. The Hall–Kier alpha value is -1.16. The molecule has 16 heavy (non-hydrogen) atoms. The highest BCUT2D eigenvalue weighted by Crippen LogP contribution is 2.13. The second-order valence-corrected chi connectivity index (χ2v) is 4.39. The van der Waals surface area contributed by atoms with Gasteiger partial charge in [0.25, 0.3) is 0 Å². The third-order valence-corrected chi connectivity index (χ3v) is 3.12. The molecule has 2 rings (SSSR count). The van der Waals surface area contributed by atoms with E-state index in [1.807, 2.05) is 0 Å². The Morgan fingerprint density at radius 2 is 2.38 bits per heavy atom. The van der Waals surface area contributed by atoms with Crippen LogP contribution in [0.2, 0.25) is 0 Å². The molecule has 0 aromatic carbocycles. The Kier molecular flexibility index (Phi) is 3.72. The van der Waals surface area contributed by atoms with E-state index in [-0.39, 0.29) is 0 Å². The van der Waals surface area contributed by atoms with Crippen molar-refractivity contribution in [2.24, 2.45) is 0 Å². The van der Waals surface area contributed by atoms with Crippen molar-refractivity contribution >= 4 is 5.82 Å². The van der Waals surface area contributed by atoms with E-state index in [0.717, 1.165) is 31.0 Å². The van der Waals surface area contributed by atoms with E-state index in [2.05, 4.69) is 40.2 Å². The number of likely N-dealkylation sites (N-methyl/N-ethyl adjacent to an activating group) is 1. The highest BCUT2D eigenvalue weighted by atomic mass is 15.2. The first-order chi connectivity index (χ1) is 7.79. The fraction of sp³-hybridized carbons (Fsp3) is 0.667. The van der Waals surface area contributed by atoms with Gasteiger partial charge in [-0.25, -0.2) is 9.97 Å². The molecule has 2 heterocycles. The maximum absolute atomic E-state index is 4.32. The normalized spacial score (nSPS) is 20.0. The van der Waals surface area contributed by atoms with Gasteiger partial charge in [0.05, 0.1) is 0 Å². The topological polar surface area (TPSA) is 41.0 Å². The van der Waals surface area contributed by atoms with Gasteiger partial charge in [0.1, 0.15) is 12.1 Å². The molecule has 1 aromatic heterocycles. The summed E-state index contributed by atoms with van der Waals surface area (Å²) in [6.45, 7) is 4.30. The largest absolute Gasteiger partial charge is 0.358 e. The smallest absolute Gasteiger partial charge is 0.131 e. The maximum Gasteiger partial charge on any atom is 0.131 e. The summed E-state index contributed by atoms with van der Waals surface area (Å²) in [5, 5.41) is 3.50. The first-order valence-electron chi connectivity index (χ1n) is 6.05. The Morgan fingerprint density at radius 3 is 3.06 bits per heavy atom. The van der Waals surface area contributed by atoms with Crippen molar-refractivity contribution in [3.8, 4) is 0 Å². The number of aromatic nitrogens is 2. The lowest BCUT2D eigenvalue weighted by atomic mass is 10.2. The Balaban J connectivity index is 1.98. The molecule has 1 N–H and O–H groups in total. The van der Waals surface area contributed by atoms with E-state index >= 15 is 0 Å². The summed E-state index contributed by atoms with van der Waals surface area (Å²) in [7, 11) is 2.10. The summed E-state index contributed by atoms with van der Waals surface area (Å²) < 4.78 is 0. The minimum atomic E-state index is 0.616. The lowest BCUT2D eigenvalue weighted by molar-refractivity contribution is 0.597. The van der Waals surface area contributed by atoms with Crippen LogP contribution in [0, 0.1) is 0 Å². The molecule has 4 nitrogen and oxygen atoms in total. The first-order valence-corrected chi connectivity index (χ1v) is 6.05. The summed E-state index contributed by atoms with van der Waals surface area (Å²) in [5.41, 5.74) is 1.11. The maximum atomic E-state index is 4.32. The quantitative estimate of drug-likeness (QED) is 0.828. The number of nitrogens with zero attached hydrogens (tertiary/aromatic N) is 3. The molecule has 0 spiro atoms. The van der Waals surface area contributed by atoms with Gasteiger partial charge in [0.15, 0.2) is 0 Å². The lowest BCUT2D eigenvalue weighted by Crippen LogP contribution is -2.35. The van der Waals surface area contributed by atoms with Crippen molar-refractivity contribution in [2.75, 3.05) is 25.0 Å². The van der Waals surface area contributed by atoms with Crippen molar-refractivity contribution in [1.82, 2.24) is 15.3 Å². The fourth-order valence-electron chi connectivity index (χ4n) is 2.12. The summed E-state index contributed by atoms with van der Waals surface area (Å²) >= 11 is 0. The Labute approximate surface area is 97.1 Å². The molecule has 0 saturated carbocycles. The minimum absolute atomic E-state index is 0.616. The number of hydrogen-bond donors (Lipinski definition) is 1. The van der Waals surface area contributed by atoms with Crippen LogP contribution in [-0.4, -0.2) is 36.1 Å². The first kappa shape index (κ1) is 11.3. The Morgan fingerprint density at radius 1 is 1.50 bits per heavy atom. The fourth-order valence-corrected chi connectivity index (χ4v) is 2.12. The van der Waals surface area contributed by atoms with E-state index in [0.29, 0.717) is 6.04 Å². The third kappa shape index (κ3) is 2.70. The molecule has 1 fully saturated rings. The van der Waals surface area contributed by atoms with Crippen molar-refractivity contribution in [1.29, 1.82) is 0 Å². The summed E-state index contributed by atoms with van der Waals surface area (Å²) in [6, 6.07) is 2.69. The van der Waals surface area contributed by atoms with Gasteiger partial charge in [-0.3, -0.25) is 0 Å². The van der Waals surface area contributed by atoms with E-state index in [9.17, 15) is 0 Å². The molecule has 0 aliphatic carbocycles. The number of hydrogen-bond acceptors (Lipinski definition) is 4. The molecule has 1 saturated heterocycles. The molecule has 0 amide bonds. The molecule has 1 aliphatic rings. The Bertz CT molecular complexity index is 334. The van der Waals surface area contributed by atoms with Crippen molar-refractivity contribution in [2.45, 2.75) is 32.2 Å². The predicted molar refractivity (Wildman–Crippen MR) is 65.7 cm³/mol. The molecule has 1 atom stereocenters. The highest BCUT2D eigenvalue weighted by Gasteiger charge is 2.16. The van der Waals surface area contributed by atoms with Gasteiger partial charge in [0, 0.05) is 31.4 Å². The summed E-state index contributed by atoms with van der Waals surface area (Å²) in [4.78, 5) is 10.7. The minimum Gasteiger partial charge on any atom is -0.358 e. The van der Waals surface area contributed by atoms with E-state index < -0.39 is 0 Å². The second-order valence-electron chi connectivity index (χ2n) is 4.39. The van der Waals surface area contributed by atoms with Gasteiger partial charge in [-0.15, -0.1) is 0 Å². The molecule has 4 heteroatoms. The lowest BCUT2D eigenvalue weighted by Gasteiger charge is -2.22. The SMILES string of the molecule is CCc1cc(N(C)CC2CCCN2)ncn1. The van der Waals surface area contributed by atoms with Gasteiger partial charge in [-0.1, -0.05) is 6.92 Å². The number of aryl methyl sites for hydroxylation is 1. The molecule has 1 aromatic rings. The van der Waals surface area contributed by atoms with Crippen molar-refractivity contribution in [3.63, 3.8) is 0 Å². The average molecular weight is 220 g/mol. The van der Waals surface area contributed by atoms with Crippen LogP contribution in [0.5, 0.6) is 0 Å². The van der Waals surface area contributed by atoms with E-state index in [4.69, 9.17) is 0 Å². The molecule has 88 valence electrons. The molecule has 0 bridgehead atoms. The van der Waals surface area contributed by atoms with Crippen molar-refractivity contribution < 1.29 is 0 Å². The monoisotopic (exact) mass is 220 g/mol. The zero-order chi connectivity index (χ0) is 11.4. The zero-order valence-electron chi connectivity index (χ0n) is 10.1. The number of anilines is 1. The van der Waals surface area contributed by atoms with Gasteiger partial charge in [0.2, 0.25) is 0 Å². The summed E-state index contributed by atoms with van der Waals surface area (Å²) in [5.74, 6) is 1.03. The van der Waals surface area contributed by atoms with E-state index in [1.54, 1.807) is 6.33 Å². The molecule has 1 aliphatic heterocycles. The van der Waals surface area contributed by atoms with Crippen LogP contribution in [0.25, 0.3) is 0 Å². The van der Waals surface area contributed by atoms with Gasteiger partial charge in [-0.05, 0) is 25.8 Å². The highest BCUT2D eigenvalue weighted by molar-refractivity contribution is 5.38. The standard InChI is InChI=1S/C12H20N4/c1-3-10-7-12(15-9-14-10)16(2)8-11-5-4-6-13-11/h7,9,11,13H,3-6,8H2,1-2H3. The van der Waals surface area contributed by atoms with Gasteiger partial charge >= 0.3 is 0 Å². The van der Waals surface area contributed by atoms with Crippen LogP contribution in [0.15, 0.2) is 12.4 Å². The summed E-state index contributed by atoms with van der Waals surface area (Å²) in [6.07, 6.45) is 5.19. The van der Waals surface area contributed by atoms with Gasteiger partial charge < -0.3 is 10.2 Å². The molecule has 0 radical (unpaired) electrons. The van der Waals surface area contributed by atoms with Crippen LogP contribution in [0.4, 0.5) is 5.82 Å². The predicted octanol–water partition coefficient (Wildman–Crippen LogP) is 1.23. The third-order valence-electron chi connectivity index (χ3n) is 3.12. The number of rotatable bonds is 4. The second kappa shape index (κ2) is 5.25. The van der Waals surface area contributed by atoms with Crippen LogP contribution in [0.3, 0.4) is 0 Å². The van der Waals surface area contributed by atoms with Gasteiger partial charge in [-0.2, -0.15) is 0 Å². The van der Waals surface area contributed by atoms with Crippen LogP contribution in [-0.2, 0) is 6.42 Å². The van der Waals surface area contributed by atoms with E-state index in [1.165, 1.54) is 12.8 Å². The molecular formula is C12H20N4.